The van der Waals surface area contributed by atoms with Crippen molar-refractivity contribution in [1.29, 1.82) is 0 Å². The summed E-state index contributed by atoms with van der Waals surface area (Å²) < 4.78 is 5.16. The van der Waals surface area contributed by atoms with Crippen molar-refractivity contribution in [3.8, 4) is 0 Å². The molecule has 130 valence electrons. The van der Waals surface area contributed by atoms with E-state index >= 15 is 0 Å². The van der Waals surface area contributed by atoms with Gasteiger partial charge in [0.25, 0.3) is 0 Å². The number of allylic oxidation sites excluding steroid dienone is 2. The maximum atomic E-state index is 11.4. The van der Waals surface area contributed by atoms with E-state index in [2.05, 4.69) is 32.9 Å². The Balaban J connectivity index is 3.20. The quantitative estimate of drug-likeness (QED) is 0.197. The van der Waals surface area contributed by atoms with Crippen molar-refractivity contribution in [2.75, 3.05) is 6.61 Å². The van der Waals surface area contributed by atoms with E-state index in [1.165, 1.54) is 57.8 Å². The van der Waals surface area contributed by atoms with Crippen LogP contribution in [0.25, 0.3) is 0 Å². The van der Waals surface area contributed by atoms with E-state index in [-0.39, 0.29) is 5.97 Å². The lowest BCUT2D eigenvalue weighted by Gasteiger charge is -2.06. The number of hydrogen-bond acceptors (Lipinski definition) is 2. The number of unbranched alkanes of at least 4 members (excludes halogenated alkanes) is 9. The highest BCUT2D eigenvalue weighted by atomic mass is 16.5. The van der Waals surface area contributed by atoms with Crippen LogP contribution in [0.2, 0.25) is 0 Å². The van der Waals surface area contributed by atoms with Crippen molar-refractivity contribution < 1.29 is 9.53 Å². The van der Waals surface area contributed by atoms with E-state index < -0.39 is 0 Å². The van der Waals surface area contributed by atoms with Crippen molar-refractivity contribution in [3.05, 3.63) is 12.2 Å². The topological polar surface area (TPSA) is 26.3 Å². The highest BCUT2D eigenvalue weighted by Crippen LogP contribution is 2.09. The van der Waals surface area contributed by atoms with Crippen LogP contribution in [0.3, 0.4) is 0 Å². The largest absolute Gasteiger partial charge is 0.465 e. The number of esters is 1. The molecule has 0 aliphatic rings. The van der Waals surface area contributed by atoms with Crippen molar-refractivity contribution in [2.24, 2.45) is 5.92 Å². The van der Waals surface area contributed by atoms with Gasteiger partial charge in [-0.1, -0.05) is 71.4 Å². The minimum atomic E-state index is -0.0280. The van der Waals surface area contributed by atoms with E-state index in [1.807, 2.05) is 0 Å². The van der Waals surface area contributed by atoms with Crippen LogP contribution in [0.4, 0.5) is 0 Å². The number of carbonyl (C=O) groups excluding carboxylic acids is 1. The second-order valence-corrected chi connectivity index (χ2v) is 6.70. The van der Waals surface area contributed by atoms with Crippen LogP contribution in [0, 0.1) is 5.92 Å². The first-order chi connectivity index (χ1) is 10.7. The molecule has 0 amide bonds. The molecule has 0 spiro atoms. The summed E-state index contributed by atoms with van der Waals surface area (Å²) in [5.41, 5.74) is 0. The fraction of sp³-hybridized carbons (Fsp3) is 0.850. The minimum absolute atomic E-state index is 0.0280. The number of ether oxygens (including phenoxy) is 1. The van der Waals surface area contributed by atoms with Gasteiger partial charge in [-0.2, -0.15) is 0 Å². The molecular formula is C20H38O2. The van der Waals surface area contributed by atoms with E-state index in [1.54, 1.807) is 0 Å². The van der Waals surface area contributed by atoms with Crippen LogP contribution in [-0.2, 0) is 9.53 Å². The summed E-state index contributed by atoms with van der Waals surface area (Å²) in [6, 6.07) is 0. The van der Waals surface area contributed by atoms with E-state index in [0.717, 1.165) is 12.8 Å². The Labute approximate surface area is 138 Å². The van der Waals surface area contributed by atoms with Crippen molar-refractivity contribution in [2.45, 2.75) is 97.8 Å². The highest BCUT2D eigenvalue weighted by molar-refractivity contribution is 5.69. The van der Waals surface area contributed by atoms with Crippen LogP contribution < -0.4 is 0 Å². The SMILES string of the molecule is CCCCCC/C=C\CCCCCCCC(=O)OCC(C)C. The van der Waals surface area contributed by atoms with Gasteiger partial charge in [0.05, 0.1) is 6.61 Å². The molecule has 2 nitrogen and oxygen atoms in total. The predicted molar refractivity (Wildman–Crippen MR) is 96.0 cm³/mol. The molecule has 0 atom stereocenters. The number of hydrogen-bond donors (Lipinski definition) is 0. The molecule has 0 saturated carbocycles. The number of carbonyl (C=O) groups is 1. The molecule has 0 aliphatic heterocycles. The maximum Gasteiger partial charge on any atom is 0.305 e. The monoisotopic (exact) mass is 310 g/mol. The standard InChI is InChI=1S/C20H38O2/c1-4-5-6-7-8-9-10-11-12-13-14-15-16-17-20(21)22-18-19(2)3/h9-10,19H,4-8,11-18H2,1-3H3/b10-9-. The smallest absolute Gasteiger partial charge is 0.305 e. The third-order valence-corrected chi connectivity index (χ3v) is 3.72. The summed E-state index contributed by atoms with van der Waals surface area (Å²) in [6.07, 6.45) is 19.1. The highest BCUT2D eigenvalue weighted by Gasteiger charge is 2.03. The van der Waals surface area contributed by atoms with Gasteiger partial charge in [0.1, 0.15) is 0 Å². The molecule has 0 aromatic rings. The van der Waals surface area contributed by atoms with Crippen LogP contribution in [0.5, 0.6) is 0 Å². The van der Waals surface area contributed by atoms with Crippen LogP contribution in [0.15, 0.2) is 12.2 Å². The Bertz CT molecular complexity index is 269. The lowest BCUT2D eigenvalue weighted by molar-refractivity contribution is -0.144. The first-order valence-electron chi connectivity index (χ1n) is 9.47. The molecule has 0 aromatic heterocycles. The molecular weight excluding hydrogens is 272 g/mol. The second kappa shape index (κ2) is 16.6. The first-order valence-corrected chi connectivity index (χ1v) is 9.47. The van der Waals surface area contributed by atoms with Gasteiger partial charge in [-0.05, 0) is 38.0 Å². The Morgan fingerprint density at radius 3 is 2.00 bits per heavy atom. The Hall–Kier alpha value is -0.790. The Morgan fingerprint density at radius 1 is 0.864 bits per heavy atom. The molecule has 22 heavy (non-hydrogen) atoms. The summed E-state index contributed by atoms with van der Waals surface area (Å²) in [5, 5.41) is 0. The van der Waals surface area contributed by atoms with Crippen molar-refractivity contribution in [1.82, 2.24) is 0 Å². The summed E-state index contributed by atoms with van der Waals surface area (Å²) in [4.78, 5) is 11.4. The third kappa shape index (κ3) is 17.3. The number of rotatable bonds is 15. The van der Waals surface area contributed by atoms with Gasteiger partial charge in [-0.15, -0.1) is 0 Å². The summed E-state index contributed by atoms with van der Waals surface area (Å²) in [5.74, 6) is 0.406. The summed E-state index contributed by atoms with van der Waals surface area (Å²) in [6.45, 7) is 6.94. The van der Waals surface area contributed by atoms with Gasteiger partial charge < -0.3 is 4.74 Å². The van der Waals surface area contributed by atoms with Gasteiger partial charge in [0.15, 0.2) is 0 Å². The minimum Gasteiger partial charge on any atom is -0.465 e. The Kier molecular flexibility index (Phi) is 16.0. The molecule has 2 heteroatoms. The molecule has 0 aromatic carbocycles. The lowest BCUT2D eigenvalue weighted by atomic mass is 10.1. The lowest BCUT2D eigenvalue weighted by Crippen LogP contribution is -2.09. The van der Waals surface area contributed by atoms with Crippen LogP contribution in [-0.4, -0.2) is 12.6 Å². The molecule has 0 fully saturated rings. The average Bonchev–Trinajstić information content (AvgIpc) is 2.49. The predicted octanol–water partition coefficient (Wildman–Crippen LogP) is 6.44. The van der Waals surface area contributed by atoms with Crippen molar-refractivity contribution in [3.63, 3.8) is 0 Å². The van der Waals surface area contributed by atoms with Gasteiger partial charge in [0.2, 0.25) is 0 Å². The molecule has 0 aliphatic carbocycles. The zero-order valence-electron chi connectivity index (χ0n) is 15.2. The maximum absolute atomic E-state index is 11.4. The molecule has 0 saturated heterocycles. The van der Waals surface area contributed by atoms with Crippen molar-refractivity contribution >= 4 is 5.97 Å². The second-order valence-electron chi connectivity index (χ2n) is 6.70. The van der Waals surface area contributed by atoms with Crippen LogP contribution in [0.1, 0.15) is 97.8 Å². The average molecular weight is 311 g/mol. The first kappa shape index (κ1) is 21.2. The zero-order chi connectivity index (χ0) is 16.5. The van der Waals surface area contributed by atoms with E-state index in [9.17, 15) is 4.79 Å². The van der Waals surface area contributed by atoms with Gasteiger partial charge in [0, 0.05) is 6.42 Å². The summed E-state index contributed by atoms with van der Waals surface area (Å²) in [7, 11) is 0. The molecule has 0 unspecified atom stereocenters. The molecule has 0 rings (SSSR count). The molecule has 0 N–H and O–H groups in total. The van der Waals surface area contributed by atoms with E-state index in [0.29, 0.717) is 18.9 Å². The molecule has 0 radical (unpaired) electrons. The third-order valence-electron chi connectivity index (χ3n) is 3.72. The Morgan fingerprint density at radius 2 is 1.41 bits per heavy atom. The fourth-order valence-corrected chi connectivity index (χ4v) is 2.32. The fourth-order valence-electron chi connectivity index (χ4n) is 2.32. The van der Waals surface area contributed by atoms with Gasteiger partial charge in [-0.3, -0.25) is 4.79 Å². The normalized spacial score (nSPS) is 11.5. The molecule has 0 bridgehead atoms. The van der Waals surface area contributed by atoms with Gasteiger partial charge >= 0.3 is 5.97 Å². The van der Waals surface area contributed by atoms with Crippen LogP contribution >= 0.6 is 0 Å². The zero-order valence-corrected chi connectivity index (χ0v) is 15.2. The van der Waals surface area contributed by atoms with Gasteiger partial charge in [-0.25, -0.2) is 0 Å². The van der Waals surface area contributed by atoms with E-state index in [4.69, 9.17) is 4.74 Å². The summed E-state index contributed by atoms with van der Waals surface area (Å²) >= 11 is 0. The molecule has 0 heterocycles.